The summed E-state index contributed by atoms with van der Waals surface area (Å²) < 4.78 is 25.8. The number of sulfonamides is 1. The minimum Gasteiger partial charge on any atom is -0.314 e. The fraction of sp³-hybridized carbons (Fsp3) is 1.00. The Morgan fingerprint density at radius 3 is 2.44 bits per heavy atom. The third-order valence-corrected chi connectivity index (χ3v) is 4.57. The van der Waals surface area contributed by atoms with Crippen LogP contribution in [0, 0.1) is 5.92 Å². The van der Waals surface area contributed by atoms with Crippen LogP contribution < -0.4 is 10.0 Å². The van der Waals surface area contributed by atoms with E-state index in [2.05, 4.69) is 10.0 Å². The first kappa shape index (κ1) is 12.3. The van der Waals surface area contributed by atoms with Crippen LogP contribution in [0.1, 0.15) is 38.5 Å². The lowest BCUT2D eigenvalue weighted by atomic mass is 10.3. The van der Waals surface area contributed by atoms with Gasteiger partial charge in [0.1, 0.15) is 0 Å². The lowest BCUT2D eigenvalue weighted by Crippen LogP contribution is -2.28. The van der Waals surface area contributed by atoms with Gasteiger partial charge in [0.25, 0.3) is 0 Å². The van der Waals surface area contributed by atoms with Crippen molar-refractivity contribution in [3.05, 3.63) is 0 Å². The molecule has 2 saturated carbocycles. The summed E-state index contributed by atoms with van der Waals surface area (Å²) in [6.07, 6.45) is 6.69. The molecule has 0 aliphatic heterocycles. The molecule has 0 bridgehead atoms. The zero-order chi connectivity index (χ0) is 11.4. The Bertz CT molecular complexity index is 308. The minimum absolute atomic E-state index is 0.284. The average Bonchev–Trinajstić information content (AvgIpc) is 3.09. The molecule has 0 amide bonds. The molecular formula is C11H22N2O2S. The van der Waals surface area contributed by atoms with E-state index in [-0.39, 0.29) is 5.75 Å². The third kappa shape index (κ3) is 5.27. The zero-order valence-corrected chi connectivity index (χ0v) is 10.6. The molecule has 0 aromatic carbocycles. The fourth-order valence-corrected chi connectivity index (χ4v) is 2.87. The summed E-state index contributed by atoms with van der Waals surface area (Å²) in [5.41, 5.74) is 0. The van der Waals surface area contributed by atoms with Crippen molar-refractivity contribution in [3.8, 4) is 0 Å². The van der Waals surface area contributed by atoms with E-state index in [0.717, 1.165) is 25.4 Å². The normalized spacial score (nSPS) is 21.2. The highest BCUT2D eigenvalue weighted by atomic mass is 32.2. The second-order valence-corrected chi connectivity index (χ2v) is 6.97. The quantitative estimate of drug-likeness (QED) is 0.593. The van der Waals surface area contributed by atoms with Gasteiger partial charge < -0.3 is 5.32 Å². The van der Waals surface area contributed by atoms with Gasteiger partial charge in [0.05, 0.1) is 5.75 Å². The highest BCUT2D eigenvalue weighted by molar-refractivity contribution is 7.89. The van der Waals surface area contributed by atoms with Gasteiger partial charge in [0, 0.05) is 12.6 Å². The molecule has 0 aromatic heterocycles. The molecule has 0 heterocycles. The Morgan fingerprint density at radius 2 is 1.81 bits per heavy atom. The lowest BCUT2D eigenvalue weighted by Gasteiger charge is -2.06. The van der Waals surface area contributed by atoms with Gasteiger partial charge >= 0.3 is 0 Å². The first-order valence-corrected chi connectivity index (χ1v) is 8.02. The summed E-state index contributed by atoms with van der Waals surface area (Å²) in [5.74, 6) is 0.901. The molecule has 0 unspecified atom stereocenters. The number of nitrogens with one attached hydrogen (secondary N) is 2. The van der Waals surface area contributed by atoms with Crippen molar-refractivity contribution < 1.29 is 8.42 Å². The van der Waals surface area contributed by atoms with E-state index in [1.165, 1.54) is 25.7 Å². The van der Waals surface area contributed by atoms with Crippen LogP contribution in [0.5, 0.6) is 0 Å². The van der Waals surface area contributed by atoms with Gasteiger partial charge in [-0.3, -0.25) is 0 Å². The maximum Gasteiger partial charge on any atom is 0.211 e. The van der Waals surface area contributed by atoms with Crippen molar-refractivity contribution in [3.63, 3.8) is 0 Å². The molecule has 0 atom stereocenters. The molecular weight excluding hydrogens is 224 g/mol. The molecule has 0 saturated heterocycles. The van der Waals surface area contributed by atoms with Crippen LogP contribution >= 0.6 is 0 Å². The molecule has 4 nitrogen and oxygen atoms in total. The first-order chi connectivity index (χ1) is 7.66. The molecule has 0 aromatic rings. The van der Waals surface area contributed by atoms with Gasteiger partial charge in [-0.1, -0.05) is 0 Å². The Kier molecular flexibility index (Phi) is 4.21. The molecule has 2 N–H and O–H groups in total. The highest BCUT2D eigenvalue weighted by Gasteiger charge is 2.23. The van der Waals surface area contributed by atoms with Crippen LogP contribution in [-0.4, -0.2) is 33.3 Å². The number of hydrogen-bond donors (Lipinski definition) is 2. The van der Waals surface area contributed by atoms with Gasteiger partial charge in [-0.15, -0.1) is 0 Å². The van der Waals surface area contributed by atoms with Crippen LogP contribution in [0.3, 0.4) is 0 Å². The molecule has 2 aliphatic carbocycles. The molecule has 5 heteroatoms. The number of hydrogen-bond acceptors (Lipinski definition) is 3. The maximum atomic E-state index is 11.5. The smallest absolute Gasteiger partial charge is 0.211 e. The summed E-state index contributed by atoms with van der Waals surface area (Å²) in [6.45, 7) is 1.62. The van der Waals surface area contributed by atoms with Gasteiger partial charge in [0.2, 0.25) is 10.0 Å². The second-order valence-electron chi connectivity index (χ2n) is 5.05. The number of rotatable bonds is 9. The topological polar surface area (TPSA) is 58.2 Å². The monoisotopic (exact) mass is 246 g/mol. The summed E-state index contributed by atoms with van der Waals surface area (Å²) in [4.78, 5) is 0. The Morgan fingerprint density at radius 1 is 1.06 bits per heavy atom. The Hall–Kier alpha value is -0.130. The van der Waals surface area contributed by atoms with Gasteiger partial charge in [-0.2, -0.15) is 0 Å². The van der Waals surface area contributed by atoms with Gasteiger partial charge in [-0.05, 0) is 51.0 Å². The predicted molar refractivity (Wildman–Crippen MR) is 64.8 cm³/mol. The molecule has 16 heavy (non-hydrogen) atoms. The van der Waals surface area contributed by atoms with Crippen molar-refractivity contribution in [2.24, 2.45) is 5.92 Å². The van der Waals surface area contributed by atoms with Crippen molar-refractivity contribution >= 4 is 10.0 Å². The van der Waals surface area contributed by atoms with Crippen LogP contribution in [0.2, 0.25) is 0 Å². The van der Waals surface area contributed by atoms with E-state index in [1.54, 1.807) is 0 Å². The predicted octanol–water partition coefficient (Wildman–Crippen LogP) is 0.848. The molecule has 2 aliphatic rings. The van der Waals surface area contributed by atoms with Crippen LogP contribution in [0.4, 0.5) is 0 Å². The average molecular weight is 246 g/mol. The van der Waals surface area contributed by atoms with Crippen LogP contribution in [0.25, 0.3) is 0 Å². The van der Waals surface area contributed by atoms with Crippen molar-refractivity contribution in [2.45, 2.75) is 44.6 Å². The summed E-state index contributed by atoms with van der Waals surface area (Å²) in [6, 6.07) is 0.726. The minimum atomic E-state index is -3.00. The summed E-state index contributed by atoms with van der Waals surface area (Å²) >= 11 is 0. The van der Waals surface area contributed by atoms with Crippen LogP contribution in [-0.2, 0) is 10.0 Å². The van der Waals surface area contributed by atoms with Crippen molar-refractivity contribution in [1.29, 1.82) is 0 Å². The Balaban J connectivity index is 1.48. The van der Waals surface area contributed by atoms with E-state index in [9.17, 15) is 8.42 Å². The molecule has 0 spiro atoms. The van der Waals surface area contributed by atoms with Crippen LogP contribution in [0.15, 0.2) is 0 Å². The molecule has 2 fully saturated rings. The van der Waals surface area contributed by atoms with E-state index >= 15 is 0 Å². The van der Waals surface area contributed by atoms with Gasteiger partial charge in [-0.25, -0.2) is 13.1 Å². The number of unbranched alkanes of at least 4 members (excludes halogenated alkanes) is 1. The molecule has 2 rings (SSSR count). The second kappa shape index (κ2) is 5.47. The Labute approximate surface area is 98.2 Å². The van der Waals surface area contributed by atoms with E-state index in [0.29, 0.717) is 12.5 Å². The first-order valence-electron chi connectivity index (χ1n) is 6.36. The van der Waals surface area contributed by atoms with Crippen molar-refractivity contribution in [2.75, 3.05) is 18.8 Å². The van der Waals surface area contributed by atoms with E-state index in [4.69, 9.17) is 0 Å². The van der Waals surface area contributed by atoms with E-state index < -0.39 is 10.0 Å². The van der Waals surface area contributed by atoms with Gasteiger partial charge in [0.15, 0.2) is 0 Å². The third-order valence-electron chi connectivity index (χ3n) is 3.14. The zero-order valence-electron chi connectivity index (χ0n) is 9.74. The SMILES string of the molecule is O=S(=O)(CCCCNC1CC1)NCC1CC1. The van der Waals surface area contributed by atoms with E-state index in [1.807, 2.05) is 0 Å². The lowest BCUT2D eigenvalue weighted by molar-refractivity contribution is 0.569. The largest absolute Gasteiger partial charge is 0.314 e. The summed E-state index contributed by atoms with van der Waals surface area (Å²) in [5, 5.41) is 3.39. The fourth-order valence-electron chi connectivity index (χ4n) is 1.65. The molecule has 0 radical (unpaired) electrons. The highest BCUT2D eigenvalue weighted by Crippen LogP contribution is 2.27. The summed E-state index contributed by atoms with van der Waals surface area (Å²) in [7, 11) is -3.00. The standard InChI is InChI=1S/C11H22N2O2S/c14-16(15,13-9-10-3-4-10)8-2-1-7-12-11-5-6-11/h10-13H,1-9H2. The van der Waals surface area contributed by atoms with Crippen molar-refractivity contribution in [1.82, 2.24) is 10.0 Å². The maximum absolute atomic E-state index is 11.5. The molecule has 94 valence electrons.